The molecule has 3 aromatic carbocycles. The first-order valence-electron chi connectivity index (χ1n) is 11.6. The highest BCUT2D eigenvalue weighted by Gasteiger charge is 2.47. The predicted molar refractivity (Wildman–Crippen MR) is 131 cm³/mol. The van der Waals surface area contributed by atoms with Crippen LogP contribution in [0.2, 0.25) is 5.02 Å². The Balaban J connectivity index is 1.49. The predicted octanol–water partition coefficient (Wildman–Crippen LogP) is 6.51. The van der Waals surface area contributed by atoms with E-state index in [1.807, 2.05) is 24.3 Å². The second-order valence-electron chi connectivity index (χ2n) is 9.07. The number of halogens is 1. The smallest absolute Gasteiger partial charge is 0.223 e. The standard InChI is InChI=1S/C28H29ClN2O/c29-22-13-7-14-23(17-22)30-25-15-8-16-26-28(25)24(21-11-5-2-6-12-21)18-27(32)31(26)19-20-9-3-1-4-10-20/h1-7,9-14,17,24-26,28,30H,8,15-16,18-19H2/t24-,25+,26-,28+/m1/s1. The van der Waals surface area contributed by atoms with Crippen LogP contribution in [0.1, 0.15) is 42.7 Å². The Morgan fingerprint density at radius 1 is 0.906 bits per heavy atom. The molecule has 4 atom stereocenters. The van der Waals surface area contributed by atoms with Crippen molar-refractivity contribution < 1.29 is 4.79 Å². The first-order valence-corrected chi connectivity index (χ1v) is 12.0. The summed E-state index contributed by atoms with van der Waals surface area (Å²) in [6.07, 6.45) is 3.83. The highest BCUT2D eigenvalue weighted by atomic mass is 35.5. The molecule has 0 aromatic heterocycles. The van der Waals surface area contributed by atoms with Crippen LogP contribution in [0.4, 0.5) is 5.69 Å². The van der Waals surface area contributed by atoms with Crippen LogP contribution in [0, 0.1) is 5.92 Å². The molecule has 1 saturated heterocycles. The monoisotopic (exact) mass is 444 g/mol. The normalized spacial score (nSPS) is 25.3. The molecule has 0 bridgehead atoms. The zero-order chi connectivity index (χ0) is 21.9. The molecule has 0 spiro atoms. The molecule has 2 fully saturated rings. The van der Waals surface area contributed by atoms with Crippen molar-refractivity contribution in [1.82, 2.24) is 4.90 Å². The first-order chi connectivity index (χ1) is 15.7. The number of nitrogens with one attached hydrogen (secondary N) is 1. The summed E-state index contributed by atoms with van der Waals surface area (Å²) in [7, 11) is 0. The van der Waals surface area contributed by atoms with Gasteiger partial charge in [-0.05, 0) is 54.5 Å². The van der Waals surface area contributed by atoms with Gasteiger partial charge in [0.15, 0.2) is 0 Å². The molecule has 3 nitrogen and oxygen atoms in total. The number of benzene rings is 3. The number of anilines is 1. The Hall–Kier alpha value is -2.78. The van der Waals surface area contributed by atoms with Gasteiger partial charge in [0, 0.05) is 41.7 Å². The van der Waals surface area contributed by atoms with Crippen molar-refractivity contribution in [3.05, 3.63) is 101 Å². The van der Waals surface area contributed by atoms with E-state index in [4.69, 9.17) is 11.6 Å². The van der Waals surface area contributed by atoms with Crippen LogP contribution >= 0.6 is 11.6 Å². The van der Waals surface area contributed by atoms with Gasteiger partial charge in [0.25, 0.3) is 0 Å². The highest BCUT2D eigenvalue weighted by Crippen LogP contribution is 2.46. The van der Waals surface area contributed by atoms with Crippen molar-refractivity contribution in [2.24, 2.45) is 5.92 Å². The molecule has 1 aliphatic heterocycles. The molecule has 1 saturated carbocycles. The number of likely N-dealkylation sites (tertiary alicyclic amines) is 1. The van der Waals surface area contributed by atoms with Crippen molar-refractivity contribution in [2.75, 3.05) is 5.32 Å². The van der Waals surface area contributed by atoms with Gasteiger partial charge in [-0.15, -0.1) is 0 Å². The lowest BCUT2D eigenvalue weighted by atomic mass is 9.66. The lowest BCUT2D eigenvalue weighted by Gasteiger charge is -2.51. The summed E-state index contributed by atoms with van der Waals surface area (Å²) < 4.78 is 0. The van der Waals surface area contributed by atoms with Crippen molar-refractivity contribution in [3.8, 4) is 0 Å². The maximum absolute atomic E-state index is 13.4. The summed E-state index contributed by atoms with van der Waals surface area (Å²) in [6.45, 7) is 0.687. The van der Waals surface area contributed by atoms with E-state index in [0.717, 1.165) is 30.0 Å². The molecule has 0 radical (unpaired) electrons. The van der Waals surface area contributed by atoms with E-state index in [9.17, 15) is 4.79 Å². The Kier molecular flexibility index (Phi) is 6.18. The number of fused-ring (bicyclic) bond motifs is 1. The summed E-state index contributed by atoms with van der Waals surface area (Å²) in [6, 6.07) is 29.5. The lowest BCUT2D eigenvalue weighted by molar-refractivity contribution is -0.142. The fourth-order valence-electron chi connectivity index (χ4n) is 5.73. The van der Waals surface area contributed by atoms with Crippen LogP contribution < -0.4 is 5.32 Å². The van der Waals surface area contributed by atoms with Gasteiger partial charge >= 0.3 is 0 Å². The number of carbonyl (C=O) groups is 1. The van der Waals surface area contributed by atoms with Crippen LogP contribution in [0.25, 0.3) is 0 Å². The van der Waals surface area contributed by atoms with Crippen LogP contribution in [0.15, 0.2) is 84.9 Å². The average Bonchev–Trinajstić information content (AvgIpc) is 2.82. The molecular weight excluding hydrogens is 416 g/mol. The van der Waals surface area contributed by atoms with E-state index in [1.54, 1.807) is 0 Å². The van der Waals surface area contributed by atoms with E-state index in [0.29, 0.717) is 24.9 Å². The molecule has 32 heavy (non-hydrogen) atoms. The third kappa shape index (κ3) is 4.40. The van der Waals surface area contributed by atoms with Crippen LogP contribution in [-0.4, -0.2) is 22.9 Å². The molecule has 1 aliphatic carbocycles. The minimum atomic E-state index is 0.220. The summed E-state index contributed by atoms with van der Waals surface area (Å²) >= 11 is 6.26. The summed E-state index contributed by atoms with van der Waals surface area (Å²) in [5, 5.41) is 4.54. The summed E-state index contributed by atoms with van der Waals surface area (Å²) in [4.78, 5) is 15.6. The van der Waals surface area contributed by atoms with Crippen LogP contribution in [0.3, 0.4) is 0 Å². The number of amides is 1. The van der Waals surface area contributed by atoms with Crippen LogP contribution in [-0.2, 0) is 11.3 Å². The molecule has 4 heteroatoms. The molecule has 3 aromatic rings. The van der Waals surface area contributed by atoms with Gasteiger partial charge in [0.1, 0.15) is 0 Å². The number of nitrogens with zero attached hydrogens (tertiary/aromatic N) is 1. The molecule has 164 valence electrons. The van der Waals surface area contributed by atoms with E-state index in [2.05, 4.69) is 70.9 Å². The average molecular weight is 445 g/mol. The van der Waals surface area contributed by atoms with E-state index in [-0.39, 0.29) is 17.9 Å². The van der Waals surface area contributed by atoms with Gasteiger partial charge in [-0.1, -0.05) is 78.3 Å². The van der Waals surface area contributed by atoms with E-state index >= 15 is 0 Å². The minimum Gasteiger partial charge on any atom is -0.382 e. The van der Waals surface area contributed by atoms with Crippen molar-refractivity contribution in [1.29, 1.82) is 0 Å². The Bertz CT molecular complexity index is 1060. The third-order valence-electron chi connectivity index (χ3n) is 7.10. The number of rotatable bonds is 5. The Labute approximate surface area is 195 Å². The van der Waals surface area contributed by atoms with Gasteiger partial charge in [0.2, 0.25) is 5.91 Å². The first kappa shape index (κ1) is 21.1. The van der Waals surface area contributed by atoms with Crippen LogP contribution in [0.5, 0.6) is 0 Å². The maximum atomic E-state index is 13.4. The third-order valence-corrected chi connectivity index (χ3v) is 7.34. The quantitative estimate of drug-likeness (QED) is 0.486. The van der Waals surface area contributed by atoms with Gasteiger partial charge < -0.3 is 10.2 Å². The molecule has 2 aliphatic rings. The largest absolute Gasteiger partial charge is 0.382 e. The van der Waals surface area contributed by atoms with E-state index in [1.165, 1.54) is 11.1 Å². The minimum absolute atomic E-state index is 0.220. The number of hydrogen-bond donors (Lipinski definition) is 1. The van der Waals surface area contributed by atoms with Gasteiger partial charge in [0.05, 0.1) is 0 Å². The molecule has 1 amide bonds. The van der Waals surface area contributed by atoms with Crippen molar-refractivity contribution in [2.45, 2.75) is 50.2 Å². The fourth-order valence-corrected chi connectivity index (χ4v) is 5.92. The van der Waals surface area contributed by atoms with E-state index < -0.39 is 0 Å². The van der Waals surface area contributed by atoms with Crippen molar-refractivity contribution in [3.63, 3.8) is 0 Å². The molecule has 5 rings (SSSR count). The van der Waals surface area contributed by atoms with Gasteiger partial charge in [-0.2, -0.15) is 0 Å². The molecule has 1 heterocycles. The SMILES string of the molecule is O=C1C[C@H](c2ccccc2)[C@H]2[C@@H](Nc3cccc(Cl)c3)CCC[C@H]2N1Cc1ccccc1. The molecule has 1 N–H and O–H groups in total. The summed E-state index contributed by atoms with van der Waals surface area (Å²) in [5.41, 5.74) is 3.53. The summed E-state index contributed by atoms with van der Waals surface area (Å²) in [5.74, 6) is 0.844. The maximum Gasteiger partial charge on any atom is 0.223 e. The fraction of sp³-hybridized carbons (Fsp3) is 0.321. The topological polar surface area (TPSA) is 32.3 Å². The number of piperidine rings is 1. The zero-order valence-electron chi connectivity index (χ0n) is 18.2. The number of hydrogen-bond acceptors (Lipinski definition) is 2. The van der Waals surface area contributed by atoms with Gasteiger partial charge in [-0.25, -0.2) is 0 Å². The lowest BCUT2D eigenvalue weighted by Crippen LogP contribution is -2.57. The Morgan fingerprint density at radius 2 is 1.66 bits per heavy atom. The van der Waals surface area contributed by atoms with Gasteiger partial charge in [-0.3, -0.25) is 4.79 Å². The zero-order valence-corrected chi connectivity index (χ0v) is 18.9. The molecular formula is C28H29ClN2O. The second-order valence-corrected chi connectivity index (χ2v) is 9.50. The highest BCUT2D eigenvalue weighted by molar-refractivity contribution is 6.30. The number of carbonyl (C=O) groups excluding carboxylic acids is 1. The van der Waals surface area contributed by atoms with Crippen molar-refractivity contribution >= 4 is 23.2 Å². The molecule has 0 unspecified atom stereocenters. The Morgan fingerprint density at radius 3 is 2.41 bits per heavy atom. The second kappa shape index (κ2) is 9.38.